The maximum Gasteiger partial charge on any atom is 0.0972 e. The van der Waals surface area contributed by atoms with E-state index in [0.29, 0.717) is 16.6 Å². The molecule has 0 N–H and O–H groups in total. The number of aromatic nitrogens is 2. The standard InChI is InChI=1S/C48H28N2S/c1-2-12-38-37(11-1)36(22-23-39(38)42-24-19-33-16-15-32-10-5-27-49-47(32)48(33)50-42)34-8-4-9-35(28-34)43-25-26-44(51-43)40-20-17-31-14-13-29-6-3-7-30-18-21-41(40)46(31)45(29)30/h1-28H/i3D,4D,6D,7D,8D,9D,13D,14D,17D,18D,20D,21D,25D,26D,28D. The van der Waals surface area contributed by atoms with Gasteiger partial charge in [0.2, 0.25) is 0 Å². The summed E-state index contributed by atoms with van der Waals surface area (Å²) in [6.07, 6.45) is 1.72. The van der Waals surface area contributed by atoms with Crippen LogP contribution in [-0.2, 0) is 0 Å². The van der Waals surface area contributed by atoms with E-state index in [9.17, 15) is 6.85 Å². The molecule has 51 heavy (non-hydrogen) atoms. The Hall–Kier alpha value is -6.42. The van der Waals surface area contributed by atoms with Crippen LogP contribution in [0.3, 0.4) is 0 Å². The number of benzene rings is 8. The first kappa shape index (κ1) is 17.5. The highest BCUT2D eigenvalue weighted by molar-refractivity contribution is 7.19. The van der Waals surface area contributed by atoms with Gasteiger partial charge < -0.3 is 0 Å². The second-order valence-electron chi connectivity index (χ2n) is 12.1. The fourth-order valence-corrected chi connectivity index (χ4v) is 7.80. The summed E-state index contributed by atoms with van der Waals surface area (Å²) in [6.45, 7) is 0. The lowest BCUT2D eigenvalue weighted by molar-refractivity contribution is 1.37. The van der Waals surface area contributed by atoms with E-state index in [0.717, 1.165) is 44.1 Å². The van der Waals surface area contributed by atoms with E-state index in [-0.39, 0.29) is 64.8 Å². The Bertz CT molecular complexity index is 3990. The van der Waals surface area contributed by atoms with Crippen molar-refractivity contribution < 1.29 is 20.6 Å². The lowest BCUT2D eigenvalue weighted by atomic mass is 9.91. The third-order valence-electron chi connectivity index (χ3n) is 9.29. The first-order valence-corrected chi connectivity index (χ1v) is 16.9. The van der Waals surface area contributed by atoms with Gasteiger partial charge in [0.25, 0.3) is 0 Å². The van der Waals surface area contributed by atoms with E-state index in [1.54, 1.807) is 12.3 Å². The second kappa shape index (κ2) is 11.0. The molecule has 0 aliphatic carbocycles. The SMILES string of the molecule is [2H]c1c(-c2c([2H])c([2H])c([2H])c(-c3ccc(-c4ccc5ccc6cccnc6c5n4)c4ccccc34)c2[2H])sc(-c2c([2H])c([2H])c3c([2H])c([2H])c4c([2H])c([2H])c([2H])c5c([2H])c([2H])c2c3c45)c1[2H]. The molecule has 0 fully saturated rings. The highest BCUT2D eigenvalue weighted by atomic mass is 32.1. The lowest BCUT2D eigenvalue weighted by Gasteiger charge is -2.13. The Balaban J connectivity index is 1.15. The Labute approximate surface area is 319 Å². The summed E-state index contributed by atoms with van der Waals surface area (Å²) in [5.74, 6) is 0. The molecule has 3 heterocycles. The molecule has 0 aliphatic heterocycles. The average molecular weight is 680 g/mol. The van der Waals surface area contributed by atoms with Crippen LogP contribution in [-0.4, -0.2) is 9.97 Å². The molecular weight excluding hydrogens is 637 g/mol. The predicted molar refractivity (Wildman–Crippen MR) is 218 cm³/mol. The topological polar surface area (TPSA) is 25.8 Å². The number of hydrogen-bond acceptors (Lipinski definition) is 3. The maximum absolute atomic E-state index is 9.66. The first-order chi connectivity index (χ1) is 31.5. The molecule has 236 valence electrons. The third kappa shape index (κ3) is 4.42. The Morgan fingerprint density at radius 1 is 0.451 bits per heavy atom. The van der Waals surface area contributed by atoms with E-state index in [1.165, 1.54) is 0 Å². The van der Waals surface area contributed by atoms with Gasteiger partial charge in [-0.05, 0) is 95.6 Å². The fraction of sp³-hybridized carbons (Fsp3) is 0. The molecule has 0 unspecified atom stereocenters. The van der Waals surface area contributed by atoms with Crippen LogP contribution in [0.5, 0.6) is 0 Å². The van der Waals surface area contributed by atoms with Gasteiger partial charge in [-0.25, -0.2) is 4.98 Å². The number of thiophene rings is 1. The van der Waals surface area contributed by atoms with Gasteiger partial charge in [-0.2, -0.15) is 0 Å². The summed E-state index contributed by atoms with van der Waals surface area (Å²) in [5, 5.41) is 2.20. The van der Waals surface area contributed by atoms with Crippen molar-refractivity contribution in [2.45, 2.75) is 0 Å². The van der Waals surface area contributed by atoms with Gasteiger partial charge >= 0.3 is 0 Å². The number of nitrogens with zero attached hydrogens (tertiary/aromatic N) is 2. The number of pyridine rings is 2. The third-order valence-corrected chi connectivity index (χ3v) is 10.3. The molecule has 11 aromatic rings. The van der Waals surface area contributed by atoms with E-state index < -0.39 is 84.6 Å². The van der Waals surface area contributed by atoms with Crippen LogP contribution in [0.1, 0.15) is 20.6 Å². The van der Waals surface area contributed by atoms with Crippen LogP contribution in [0.25, 0.3) is 108 Å². The Kier molecular flexibility index (Phi) is 3.79. The molecule has 0 spiro atoms. The zero-order chi connectivity index (χ0) is 46.5. The van der Waals surface area contributed by atoms with E-state index in [4.69, 9.17) is 18.7 Å². The van der Waals surface area contributed by atoms with E-state index >= 15 is 0 Å². The van der Waals surface area contributed by atoms with Gasteiger partial charge in [0.05, 0.1) is 37.3 Å². The van der Waals surface area contributed by atoms with Crippen molar-refractivity contribution in [3.8, 4) is 43.3 Å². The van der Waals surface area contributed by atoms with Crippen molar-refractivity contribution in [2.24, 2.45) is 0 Å². The molecule has 0 saturated carbocycles. The lowest BCUT2D eigenvalue weighted by Crippen LogP contribution is -1.91. The molecule has 3 heteroatoms. The number of fused-ring (bicyclic) bond motifs is 4. The minimum Gasteiger partial charge on any atom is -0.254 e. The molecule has 0 amide bonds. The van der Waals surface area contributed by atoms with Crippen molar-refractivity contribution in [3.63, 3.8) is 0 Å². The quantitative estimate of drug-likeness (QED) is 0.173. The summed E-state index contributed by atoms with van der Waals surface area (Å²) in [6, 6.07) is 14.7. The molecule has 0 radical (unpaired) electrons. The van der Waals surface area contributed by atoms with Crippen molar-refractivity contribution in [2.75, 3.05) is 0 Å². The highest BCUT2D eigenvalue weighted by Gasteiger charge is 2.16. The summed E-state index contributed by atoms with van der Waals surface area (Å²) in [7, 11) is 0. The molecule has 8 aromatic carbocycles. The largest absolute Gasteiger partial charge is 0.254 e. The van der Waals surface area contributed by atoms with E-state index in [1.807, 2.05) is 66.7 Å². The highest BCUT2D eigenvalue weighted by Crippen LogP contribution is 2.43. The zero-order valence-corrected chi connectivity index (χ0v) is 27.1. The number of rotatable bonds is 4. The summed E-state index contributed by atoms with van der Waals surface area (Å²) in [4.78, 5) is 9.38. The van der Waals surface area contributed by atoms with Crippen molar-refractivity contribution in [3.05, 3.63) is 170 Å². The van der Waals surface area contributed by atoms with Gasteiger partial charge in [-0.1, -0.05) is 133 Å². The molecule has 3 aromatic heterocycles. The monoisotopic (exact) mass is 679 g/mol. The van der Waals surface area contributed by atoms with Crippen LogP contribution in [0, 0.1) is 0 Å². The van der Waals surface area contributed by atoms with Crippen molar-refractivity contribution in [1.29, 1.82) is 0 Å². The van der Waals surface area contributed by atoms with Gasteiger partial charge in [0.1, 0.15) is 0 Å². The van der Waals surface area contributed by atoms with E-state index in [2.05, 4.69) is 4.98 Å². The minimum absolute atomic E-state index is 0.00118. The molecule has 0 aliphatic rings. The van der Waals surface area contributed by atoms with Gasteiger partial charge in [0.15, 0.2) is 0 Å². The molecular formula is C48H28N2S. The predicted octanol–water partition coefficient (Wildman–Crippen LogP) is 13.6. The van der Waals surface area contributed by atoms with Crippen LogP contribution >= 0.6 is 11.3 Å². The fourth-order valence-electron chi connectivity index (χ4n) is 6.93. The van der Waals surface area contributed by atoms with Crippen LogP contribution < -0.4 is 0 Å². The normalized spacial score (nSPS) is 16.0. The van der Waals surface area contributed by atoms with Crippen LogP contribution in [0.15, 0.2) is 170 Å². The number of hydrogen-bond donors (Lipinski definition) is 0. The molecule has 0 atom stereocenters. The molecule has 0 saturated heterocycles. The summed E-state index contributed by atoms with van der Waals surface area (Å²) < 4.78 is 136. The molecule has 2 nitrogen and oxygen atoms in total. The van der Waals surface area contributed by atoms with Gasteiger partial charge in [0, 0.05) is 32.3 Å². The van der Waals surface area contributed by atoms with Gasteiger partial charge in [-0.15, -0.1) is 11.3 Å². The van der Waals surface area contributed by atoms with Crippen LogP contribution in [0.4, 0.5) is 0 Å². The second-order valence-corrected chi connectivity index (χ2v) is 13.1. The zero-order valence-electron chi connectivity index (χ0n) is 41.3. The van der Waals surface area contributed by atoms with Gasteiger partial charge in [-0.3, -0.25) is 4.98 Å². The Morgan fingerprint density at radius 2 is 1.14 bits per heavy atom. The molecule has 0 bridgehead atoms. The average Bonchev–Trinajstić information content (AvgIpc) is 3.60. The van der Waals surface area contributed by atoms with Crippen molar-refractivity contribution >= 4 is 76.2 Å². The summed E-state index contributed by atoms with van der Waals surface area (Å²) >= 11 is 0.719. The smallest absolute Gasteiger partial charge is 0.0972 e. The maximum atomic E-state index is 9.66. The first-order valence-electron chi connectivity index (χ1n) is 23.6. The Morgan fingerprint density at radius 3 is 2.02 bits per heavy atom. The van der Waals surface area contributed by atoms with Crippen molar-refractivity contribution in [1.82, 2.24) is 9.97 Å². The summed E-state index contributed by atoms with van der Waals surface area (Å²) in [5.41, 5.74) is 2.83. The molecule has 11 rings (SSSR count). The van der Waals surface area contributed by atoms with Crippen LogP contribution in [0.2, 0.25) is 0 Å². The minimum atomic E-state index is -0.605.